The fraction of sp³-hybridized carbons (Fsp3) is 0.533. The zero-order valence-corrected chi connectivity index (χ0v) is 13.2. The minimum atomic E-state index is -3.51. The number of hydrogen-bond donors (Lipinski definition) is 0. The molecule has 5 nitrogen and oxygen atoms in total. The summed E-state index contributed by atoms with van der Waals surface area (Å²) in [5.74, 6) is -0.965. The van der Waals surface area contributed by atoms with Gasteiger partial charge in [0.1, 0.15) is 0 Å². The highest BCUT2D eigenvalue weighted by Crippen LogP contribution is 2.33. The molecule has 0 amide bonds. The summed E-state index contributed by atoms with van der Waals surface area (Å²) < 4.78 is 31.4. The predicted octanol–water partition coefficient (Wildman–Crippen LogP) is 1.79. The van der Waals surface area contributed by atoms with Crippen LogP contribution in [0.4, 0.5) is 0 Å². The third-order valence-electron chi connectivity index (χ3n) is 4.02. The van der Waals surface area contributed by atoms with Gasteiger partial charge in [0.15, 0.2) is 0 Å². The monoisotopic (exact) mass is 311 g/mol. The molecule has 0 bridgehead atoms. The van der Waals surface area contributed by atoms with Crippen molar-refractivity contribution < 1.29 is 17.9 Å². The van der Waals surface area contributed by atoms with Crippen LogP contribution in [-0.2, 0) is 26.1 Å². The summed E-state index contributed by atoms with van der Waals surface area (Å²) in [4.78, 5) is 11.7. The molecule has 1 fully saturated rings. The van der Waals surface area contributed by atoms with Crippen LogP contribution in [0.3, 0.4) is 0 Å². The summed E-state index contributed by atoms with van der Waals surface area (Å²) in [5, 5.41) is -0.668. The Morgan fingerprint density at radius 2 is 1.95 bits per heavy atom. The third kappa shape index (κ3) is 3.44. The summed E-state index contributed by atoms with van der Waals surface area (Å²) in [6, 6.07) is 9.42. The van der Waals surface area contributed by atoms with E-state index in [1.165, 1.54) is 11.4 Å². The van der Waals surface area contributed by atoms with Crippen molar-refractivity contribution in [3.8, 4) is 0 Å². The van der Waals surface area contributed by atoms with E-state index in [1.54, 1.807) is 7.05 Å². The molecule has 1 aliphatic carbocycles. The van der Waals surface area contributed by atoms with E-state index in [0.29, 0.717) is 19.4 Å². The molecule has 0 aromatic heterocycles. The number of benzene rings is 1. The van der Waals surface area contributed by atoms with Gasteiger partial charge in [-0.2, -0.15) is 0 Å². The van der Waals surface area contributed by atoms with Crippen molar-refractivity contribution in [3.63, 3.8) is 0 Å². The molecular formula is C15H21NO4S. The molecule has 21 heavy (non-hydrogen) atoms. The molecular weight excluding hydrogens is 290 g/mol. The summed E-state index contributed by atoms with van der Waals surface area (Å²) in [7, 11) is -0.641. The second-order valence-corrected chi connectivity index (χ2v) is 7.64. The number of esters is 1. The van der Waals surface area contributed by atoms with E-state index in [-0.39, 0.29) is 0 Å². The Hall–Kier alpha value is -1.40. The van der Waals surface area contributed by atoms with E-state index in [1.807, 2.05) is 30.3 Å². The van der Waals surface area contributed by atoms with Crippen LogP contribution >= 0.6 is 0 Å². The minimum absolute atomic E-state index is 0.313. The van der Waals surface area contributed by atoms with Crippen molar-refractivity contribution in [2.24, 2.45) is 5.92 Å². The van der Waals surface area contributed by atoms with Gasteiger partial charge in [-0.3, -0.25) is 4.79 Å². The number of carbonyl (C=O) groups is 1. The normalized spacial score (nSPS) is 22.4. The van der Waals surface area contributed by atoms with Crippen LogP contribution < -0.4 is 0 Å². The molecule has 0 saturated heterocycles. The van der Waals surface area contributed by atoms with Crippen LogP contribution in [0.15, 0.2) is 30.3 Å². The Balaban J connectivity index is 2.15. The lowest BCUT2D eigenvalue weighted by molar-refractivity contribution is -0.145. The van der Waals surface area contributed by atoms with Gasteiger partial charge in [0.05, 0.1) is 18.3 Å². The molecule has 0 N–H and O–H groups in total. The lowest BCUT2D eigenvalue weighted by atomic mass is 10.1. The smallest absolute Gasteiger partial charge is 0.310 e. The van der Waals surface area contributed by atoms with Crippen LogP contribution in [0.5, 0.6) is 0 Å². The van der Waals surface area contributed by atoms with Crippen LogP contribution in [0.1, 0.15) is 24.8 Å². The summed E-state index contributed by atoms with van der Waals surface area (Å²) >= 11 is 0. The van der Waals surface area contributed by atoms with Crippen LogP contribution in [-0.4, -0.2) is 38.1 Å². The first-order chi connectivity index (χ1) is 9.96. The van der Waals surface area contributed by atoms with Gasteiger partial charge in [-0.05, 0) is 18.4 Å². The third-order valence-corrected chi connectivity index (χ3v) is 6.35. The molecule has 116 valence electrons. The number of hydrogen-bond acceptors (Lipinski definition) is 4. The topological polar surface area (TPSA) is 63.7 Å². The second-order valence-electron chi connectivity index (χ2n) is 5.39. The van der Waals surface area contributed by atoms with Gasteiger partial charge in [-0.15, -0.1) is 0 Å². The Morgan fingerprint density at radius 1 is 1.29 bits per heavy atom. The van der Waals surface area contributed by atoms with E-state index in [4.69, 9.17) is 4.74 Å². The van der Waals surface area contributed by atoms with Gasteiger partial charge in [-0.25, -0.2) is 12.7 Å². The van der Waals surface area contributed by atoms with Gasteiger partial charge in [0.25, 0.3) is 0 Å². The summed E-state index contributed by atoms with van der Waals surface area (Å²) in [6.45, 7) is 0.313. The highest BCUT2D eigenvalue weighted by atomic mass is 32.2. The van der Waals surface area contributed by atoms with Crippen LogP contribution in [0.25, 0.3) is 0 Å². The molecule has 2 atom stereocenters. The Labute approximate surface area is 126 Å². The van der Waals surface area contributed by atoms with Crippen LogP contribution in [0.2, 0.25) is 0 Å². The number of carbonyl (C=O) groups excluding carboxylic acids is 1. The zero-order chi connectivity index (χ0) is 15.5. The highest BCUT2D eigenvalue weighted by Gasteiger charge is 2.43. The predicted molar refractivity (Wildman–Crippen MR) is 80.0 cm³/mol. The average Bonchev–Trinajstić information content (AvgIpc) is 2.97. The van der Waals surface area contributed by atoms with Crippen molar-refractivity contribution in [1.82, 2.24) is 4.31 Å². The average molecular weight is 311 g/mol. The Morgan fingerprint density at radius 3 is 2.57 bits per heavy atom. The van der Waals surface area contributed by atoms with Gasteiger partial charge >= 0.3 is 5.97 Å². The fourth-order valence-corrected chi connectivity index (χ4v) is 4.78. The number of sulfonamides is 1. The maximum atomic E-state index is 12.7. The number of rotatable bonds is 5. The summed E-state index contributed by atoms with van der Waals surface area (Å²) in [5.41, 5.74) is 0.927. The van der Waals surface area contributed by atoms with E-state index in [2.05, 4.69) is 0 Å². The number of nitrogens with zero attached hydrogens (tertiary/aromatic N) is 1. The zero-order valence-electron chi connectivity index (χ0n) is 12.4. The first-order valence-electron chi connectivity index (χ1n) is 7.03. The molecule has 0 radical (unpaired) electrons. The number of ether oxygens (including phenoxy) is 1. The quantitative estimate of drug-likeness (QED) is 0.778. The second kappa shape index (κ2) is 6.58. The molecule has 1 aliphatic rings. The minimum Gasteiger partial charge on any atom is -0.469 e. The first kappa shape index (κ1) is 16.0. The summed E-state index contributed by atoms with van der Waals surface area (Å²) in [6.07, 6.45) is 1.83. The standard InChI is InChI=1S/C15H21NO4S/c1-16(11-12-7-4-3-5-8-12)21(18,19)14-10-6-9-13(14)15(17)20-2/h3-5,7-8,13-14H,6,9-11H2,1-2H3. The van der Waals surface area contributed by atoms with E-state index >= 15 is 0 Å². The van der Waals surface area contributed by atoms with Gasteiger partial charge in [0, 0.05) is 13.6 Å². The van der Waals surface area contributed by atoms with Crippen molar-refractivity contribution in [2.45, 2.75) is 31.1 Å². The maximum absolute atomic E-state index is 12.7. The van der Waals surface area contributed by atoms with Crippen molar-refractivity contribution in [3.05, 3.63) is 35.9 Å². The van der Waals surface area contributed by atoms with Gasteiger partial charge < -0.3 is 4.74 Å². The van der Waals surface area contributed by atoms with Gasteiger partial charge in [0.2, 0.25) is 10.0 Å². The molecule has 6 heteroatoms. The molecule has 1 saturated carbocycles. The van der Waals surface area contributed by atoms with E-state index < -0.39 is 27.2 Å². The number of methoxy groups -OCH3 is 1. The van der Waals surface area contributed by atoms with E-state index in [9.17, 15) is 13.2 Å². The molecule has 1 aromatic rings. The molecule has 2 unspecified atom stereocenters. The fourth-order valence-electron chi connectivity index (χ4n) is 2.87. The maximum Gasteiger partial charge on any atom is 0.310 e. The van der Waals surface area contributed by atoms with Gasteiger partial charge in [-0.1, -0.05) is 36.8 Å². The molecule has 0 aliphatic heterocycles. The molecule has 1 aromatic carbocycles. The first-order valence-corrected chi connectivity index (χ1v) is 8.54. The largest absolute Gasteiger partial charge is 0.469 e. The van der Waals surface area contributed by atoms with Crippen LogP contribution in [0, 0.1) is 5.92 Å². The van der Waals surface area contributed by atoms with Crippen molar-refractivity contribution in [2.75, 3.05) is 14.2 Å². The molecule has 0 spiro atoms. The van der Waals surface area contributed by atoms with E-state index in [0.717, 1.165) is 12.0 Å². The van der Waals surface area contributed by atoms with Crippen molar-refractivity contribution >= 4 is 16.0 Å². The highest BCUT2D eigenvalue weighted by molar-refractivity contribution is 7.89. The Kier molecular flexibility index (Phi) is 5.00. The molecule has 0 heterocycles. The Bertz CT molecular complexity index is 585. The molecule has 2 rings (SSSR count). The lowest BCUT2D eigenvalue weighted by Crippen LogP contribution is -2.40. The SMILES string of the molecule is COC(=O)C1CCCC1S(=O)(=O)N(C)Cc1ccccc1. The lowest BCUT2D eigenvalue weighted by Gasteiger charge is -2.24. The van der Waals surface area contributed by atoms with Crippen molar-refractivity contribution in [1.29, 1.82) is 0 Å².